The minimum Gasteiger partial charge on any atom is -0.391 e. The number of para-hydroxylation sites is 1. The van der Waals surface area contributed by atoms with Gasteiger partial charge in [-0.05, 0) is 25.0 Å². The second-order valence-corrected chi connectivity index (χ2v) is 4.26. The summed E-state index contributed by atoms with van der Waals surface area (Å²) >= 11 is 0. The van der Waals surface area contributed by atoms with Crippen molar-refractivity contribution in [2.45, 2.75) is 25.1 Å². The van der Waals surface area contributed by atoms with Gasteiger partial charge in [0.1, 0.15) is 0 Å². The van der Waals surface area contributed by atoms with Crippen LogP contribution in [0, 0.1) is 0 Å². The number of benzene rings is 1. The molecule has 2 rings (SSSR count). The molecule has 17 heavy (non-hydrogen) atoms. The topological polar surface area (TPSA) is 23.5 Å². The Hall–Kier alpha value is -1.23. The van der Waals surface area contributed by atoms with Crippen LogP contribution in [0.15, 0.2) is 24.3 Å². The summed E-state index contributed by atoms with van der Waals surface area (Å²) in [5.74, 6) is 0. The first kappa shape index (κ1) is 12.2. The van der Waals surface area contributed by atoms with Crippen molar-refractivity contribution in [2.24, 2.45) is 0 Å². The number of β-amino-alcohol motifs (C(OH)–C–C–N with tert-alkyl or cyclic N) is 1. The maximum Gasteiger partial charge on any atom is 0.418 e. The Morgan fingerprint density at radius 1 is 1.24 bits per heavy atom. The Morgan fingerprint density at radius 2 is 1.94 bits per heavy atom. The smallest absolute Gasteiger partial charge is 0.391 e. The molecule has 0 aromatic heterocycles. The van der Waals surface area contributed by atoms with Crippen molar-refractivity contribution in [1.29, 1.82) is 0 Å². The molecule has 1 N–H and O–H groups in total. The Labute approximate surface area is 97.7 Å². The number of piperidine rings is 1. The van der Waals surface area contributed by atoms with E-state index in [-0.39, 0.29) is 12.2 Å². The largest absolute Gasteiger partial charge is 0.418 e. The molecule has 0 spiro atoms. The van der Waals surface area contributed by atoms with Gasteiger partial charge in [-0.25, -0.2) is 0 Å². The maximum atomic E-state index is 12.8. The highest BCUT2D eigenvalue weighted by Gasteiger charge is 2.35. The molecule has 94 valence electrons. The van der Waals surface area contributed by atoms with Crippen LogP contribution in [0.1, 0.15) is 18.4 Å². The summed E-state index contributed by atoms with van der Waals surface area (Å²) in [6.45, 7) is 0.831. The number of hydrogen-bond donors (Lipinski definition) is 1. The normalized spacial score (nSPS) is 21.6. The van der Waals surface area contributed by atoms with Crippen LogP contribution in [-0.2, 0) is 6.18 Å². The monoisotopic (exact) mass is 245 g/mol. The summed E-state index contributed by atoms with van der Waals surface area (Å²) in [7, 11) is 0. The van der Waals surface area contributed by atoms with E-state index in [0.29, 0.717) is 19.4 Å². The average Bonchev–Trinajstić information content (AvgIpc) is 2.28. The SMILES string of the molecule is OC1CCCN(c2ccccc2C(F)(F)F)C1. The summed E-state index contributed by atoms with van der Waals surface area (Å²) < 4.78 is 38.4. The lowest BCUT2D eigenvalue weighted by Crippen LogP contribution is -2.39. The maximum absolute atomic E-state index is 12.8. The molecule has 1 unspecified atom stereocenters. The number of halogens is 3. The lowest BCUT2D eigenvalue weighted by atomic mass is 10.1. The highest BCUT2D eigenvalue weighted by atomic mass is 19.4. The molecular weight excluding hydrogens is 231 g/mol. The van der Waals surface area contributed by atoms with E-state index in [0.717, 1.165) is 6.07 Å². The van der Waals surface area contributed by atoms with Gasteiger partial charge in [-0.1, -0.05) is 12.1 Å². The minimum absolute atomic E-state index is 0.166. The Bertz CT molecular complexity index is 392. The molecule has 1 heterocycles. The molecule has 0 radical (unpaired) electrons. The summed E-state index contributed by atoms with van der Waals surface area (Å²) in [4.78, 5) is 1.61. The van der Waals surface area contributed by atoms with E-state index in [1.165, 1.54) is 12.1 Å². The molecule has 1 aliphatic heterocycles. The van der Waals surface area contributed by atoms with Crippen molar-refractivity contribution in [2.75, 3.05) is 18.0 Å². The van der Waals surface area contributed by atoms with Gasteiger partial charge in [0.15, 0.2) is 0 Å². The number of anilines is 1. The molecule has 2 nitrogen and oxygen atoms in total. The molecule has 0 aliphatic carbocycles. The zero-order valence-electron chi connectivity index (χ0n) is 9.24. The molecule has 1 saturated heterocycles. The van der Waals surface area contributed by atoms with Gasteiger partial charge in [0.25, 0.3) is 0 Å². The van der Waals surface area contributed by atoms with Crippen molar-refractivity contribution in [3.05, 3.63) is 29.8 Å². The first-order valence-corrected chi connectivity index (χ1v) is 5.58. The van der Waals surface area contributed by atoms with Gasteiger partial charge < -0.3 is 10.0 Å². The number of alkyl halides is 3. The third-order valence-corrected chi connectivity index (χ3v) is 2.95. The quantitative estimate of drug-likeness (QED) is 0.822. The summed E-state index contributed by atoms with van der Waals surface area (Å²) in [6, 6.07) is 5.51. The van der Waals surface area contributed by atoms with E-state index in [2.05, 4.69) is 0 Å². The molecule has 1 aromatic rings. The van der Waals surface area contributed by atoms with E-state index in [1.807, 2.05) is 0 Å². The van der Waals surface area contributed by atoms with E-state index in [1.54, 1.807) is 11.0 Å². The van der Waals surface area contributed by atoms with Crippen LogP contribution in [-0.4, -0.2) is 24.3 Å². The number of aliphatic hydroxyl groups excluding tert-OH is 1. The fourth-order valence-corrected chi connectivity index (χ4v) is 2.16. The zero-order chi connectivity index (χ0) is 12.5. The van der Waals surface area contributed by atoms with E-state index in [4.69, 9.17) is 0 Å². The van der Waals surface area contributed by atoms with Crippen LogP contribution in [0.3, 0.4) is 0 Å². The van der Waals surface area contributed by atoms with E-state index < -0.39 is 17.8 Å². The predicted molar refractivity (Wildman–Crippen MR) is 58.9 cm³/mol. The van der Waals surface area contributed by atoms with Gasteiger partial charge >= 0.3 is 6.18 Å². The third-order valence-electron chi connectivity index (χ3n) is 2.95. The first-order valence-electron chi connectivity index (χ1n) is 5.58. The Balaban J connectivity index is 2.31. The van der Waals surface area contributed by atoms with Crippen molar-refractivity contribution < 1.29 is 18.3 Å². The van der Waals surface area contributed by atoms with Crippen molar-refractivity contribution in [3.63, 3.8) is 0 Å². The zero-order valence-corrected chi connectivity index (χ0v) is 9.24. The molecular formula is C12H14F3NO. The summed E-state index contributed by atoms with van der Waals surface area (Å²) in [6.07, 6.45) is -3.51. The fraction of sp³-hybridized carbons (Fsp3) is 0.500. The predicted octanol–water partition coefficient (Wildman–Crippen LogP) is 2.67. The second kappa shape index (κ2) is 4.56. The molecule has 0 bridgehead atoms. The van der Waals surface area contributed by atoms with Crippen LogP contribution in [0.5, 0.6) is 0 Å². The molecule has 1 aliphatic rings. The lowest BCUT2D eigenvalue weighted by molar-refractivity contribution is -0.137. The third kappa shape index (κ3) is 2.72. The van der Waals surface area contributed by atoms with Crippen LogP contribution in [0.25, 0.3) is 0 Å². The van der Waals surface area contributed by atoms with Gasteiger partial charge in [0, 0.05) is 18.8 Å². The molecule has 0 saturated carbocycles. The standard InChI is InChI=1S/C12H14F3NO/c13-12(14,15)10-5-1-2-6-11(10)16-7-3-4-9(17)8-16/h1-2,5-6,9,17H,3-4,7-8H2. The van der Waals surface area contributed by atoms with Crippen molar-refractivity contribution >= 4 is 5.69 Å². The number of rotatable bonds is 1. The molecule has 1 aromatic carbocycles. The van der Waals surface area contributed by atoms with Gasteiger partial charge in [-0.15, -0.1) is 0 Å². The fourth-order valence-electron chi connectivity index (χ4n) is 2.16. The Kier molecular flexibility index (Phi) is 3.28. The Morgan fingerprint density at radius 3 is 2.59 bits per heavy atom. The average molecular weight is 245 g/mol. The van der Waals surface area contributed by atoms with Gasteiger partial charge in [0.2, 0.25) is 0 Å². The number of aliphatic hydroxyl groups is 1. The highest BCUT2D eigenvalue weighted by Crippen LogP contribution is 2.37. The van der Waals surface area contributed by atoms with Gasteiger partial charge in [-0.3, -0.25) is 0 Å². The van der Waals surface area contributed by atoms with Crippen molar-refractivity contribution in [1.82, 2.24) is 0 Å². The first-order chi connectivity index (χ1) is 7.98. The second-order valence-electron chi connectivity index (χ2n) is 4.26. The highest BCUT2D eigenvalue weighted by molar-refractivity contribution is 5.55. The number of hydrogen-bond acceptors (Lipinski definition) is 2. The minimum atomic E-state index is -4.35. The van der Waals surface area contributed by atoms with E-state index >= 15 is 0 Å². The van der Waals surface area contributed by atoms with Crippen LogP contribution < -0.4 is 4.90 Å². The summed E-state index contributed by atoms with van der Waals surface area (Å²) in [5.41, 5.74) is -0.465. The lowest BCUT2D eigenvalue weighted by Gasteiger charge is -2.33. The molecule has 1 atom stereocenters. The molecule has 0 amide bonds. The number of nitrogens with zero attached hydrogens (tertiary/aromatic N) is 1. The van der Waals surface area contributed by atoms with Gasteiger partial charge in [-0.2, -0.15) is 13.2 Å². The van der Waals surface area contributed by atoms with E-state index in [9.17, 15) is 18.3 Å². The van der Waals surface area contributed by atoms with Crippen LogP contribution in [0.2, 0.25) is 0 Å². The van der Waals surface area contributed by atoms with Gasteiger partial charge in [0.05, 0.1) is 11.7 Å². The molecule has 1 fully saturated rings. The molecule has 5 heteroatoms. The van der Waals surface area contributed by atoms with Crippen molar-refractivity contribution in [3.8, 4) is 0 Å². The summed E-state index contributed by atoms with van der Waals surface area (Å²) in [5, 5.41) is 9.51. The van der Waals surface area contributed by atoms with Crippen LogP contribution in [0.4, 0.5) is 18.9 Å². The van der Waals surface area contributed by atoms with Crippen LogP contribution >= 0.6 is 0 Å².